The SMILES string of the molecule is CCOc1cccc(CNC(=O)N2CCN(c3ncc(C(F)(F)F)cc3Cl)CC2)c1. The van der Waals surface area contributed by atoms with Crippen molar-refractivity contribution >= 4 is 23.4 Å². The molecule has 1 fully saturated rings. The summed E-state index contributed by atoms with van der Waals surface area (Å²) in [5.41, 5.74) is 0.0383. The van der Waals surface area contributed by atoms with Crippen LogP contribution >= 0.6 is 11.6 Å². The molecule has 3 rings (SSSR count). The lowest BCUT2D eigenvalue weighted by Gasteiger charge is -2.35. The number of nitrogens with one attached hydrogen (secondary N) is 1. The normalized spacial score (nSPS) is 14.6. The zero-order valence-electron chi connectivity index (χ0n) is 16.4. The maximum atomic E-state index is 12.8. The second-order valence-corrected chi connectivity index (χ2v) is 7.15. The van der Waals surface area contributed by atoms with Crippen molar-refractivity contribution in [2.24, 2.45) is 0 Å². The number of rotatable bonds is 5. The Morgan fingerprint density at radius 2 is 1.97 bits per heavy atom. The second kappa shape index (κ2) is 9.42. The average Bonchev–Trinajstić information content (AvgIpc) is 2.72. The van der Waals surface area contributed by atoms with Crippen LogP contribution in [0.15, 0.2) is 36.5 Å². The Morgan fingerprint density at radius 3 is 2.60 bits per heavy atom. The van der Waals surface area contributed by atoms with E-state index in [1.165, 1.54) is 0 Å². The predicted octanol–water partition coefficient (Wildman–Crippen LogP) is 4.18. The number of nitrogens with zero attached hydrogens (tertiary/aromatic N) is 3. The predicted molar refractivity (Wildman–Crippen MR) is 108 cm³/mol. The standard InChI is InChI=1S/C20H22ClF3N4O2/c1-2-30-16-5-3-4-14(10-16)12-26-19(29)28-8-6-27(7-9-28)18-17(21)11-15(13-25-18)20(22,23)24/h3-5,10-11,13H,2,6-9,12H2,1H3,(H,26,29). The van der Waals surface area contributed by atoms with Crippen molar-refractivity contribution in [3.05, 3.63) is 52.7 Å². The summed E-state index contributed by atoms with van der Waals surface area (Å²) in [4.78, 5) is 19.8. The van der Waals surface area contributed by atoms with Crippen molar-refractivity contribution in [3.63, 3.8) is 0 Å². The van der Waals surface area contributed by atoms with E-state index < -0.39 is 11.7 Å². The van der Waals surface area contributed by atoms with Gasteiger partial charge in [0.1, 0.15) is 11.6 Å². The summed E-state index contributed by atoms with van der Waals surface area (Å²) in [6, 6.07) is 8.17. The lowest BCUT2D eigenvalue weighted by molar-refractivity contribution is -0.137. The number of carbonyl (C=O) groups is 1. The van der Waals surface area contributed by atoms with E-state index in [-0.39, 0.29) is 16.9 Å². The number of piperazine rings is 1. The monoisotopic (exact) mass is 442 g/mol. The first-order valence-electron chi connectivity index (χ1n) is 9.50. The second-order valence-electron chi connectivity index (χ2n) is 6.74. The molecule has 2 amide bonds. The maximum absolute atomic E-state index is 12.8. The van der Waals surface area contributed by atoms with Gasteiger partial charge in [-0.15, -0.1) is 0 Å². The van der Waals surface area contributed by atoms with E-state index in [1.807, 2.05) is 31.2 Å². The first-order valence-corrected chi connectivity index (χ1v) is 9.88. The van der Waals surface area contributed by atoms with Crippen LogP contribution in [0.25, 0.3) is 0 Å². The van der Waals surface area contributed by atoms with Crippen molar-refractivity contribution in [1.82, 2.24) is 15.2 Å². The Labute approximate surface area is 177 Å². The highest BCUT2D eigenvalue weighted by Crippen LogP contribution is 2.33. The Bertz CT molecular complexity index is 887. The third-order valence-electron chi connectivity index (χ3n) is 4.67. The van der Waals surface area contributed by atoms with Gasteiger partial charge in [0, 0.05) is 38.9 Å². The van der Waals surface area contributed by atoms with Gasteiger partial charge in [-0.3, -0.25) is 0 Å². The zero-order chi connectivity index (χ0) is 21.7. The summed E-state index contributed by atoms with van der Waals surface area (Å²) < 4.78 is 43.8. The molecule has 1 aliphatic rings. The number of carbonyl (C=O) groups excluding carboxylic acids is 1. The summed E-state index contributed by atoms with van der Waals surface area (Å²) in [5, 5.41) is 2.82. The summed E-state index contributed by atoms with van der Waals surface area (Å²) in [6.45, 7) is 4.50. The third kappa shape index (κ3) is 5.47. The molecule has 0 saturated carbocycles. The average molecular weight is 443 g/mol. The van der Waals surface area contributed by atoms with Gasteiger partial charge in [0.15, 0.2) is 0 Å². The number of halogens is 4. The number of ether oxygens (including phenoxy) is 1. The number of hydrogen-bond donors (Lipinski definition) is 1. The van der Waals surface area contributed by atoms with Crippen LogP contribution in [0.4, 0.5) is 23.8 Å². The zero-order valence-corrected chi connectivity index (χ0v) is 17.1. The number of pyridine rings is 1. The molecule has 6 nitrogen and oxygen atoms in total. The molecule has 0 unspecified atom stereocenters. The van der Waals surface area contributed by atoms with Gasteiger partial charge in [-0.25, -0.2) is 9.78 Å². The largest absolute Gasteiger partial charge is 0.494 e. The number of anilines is 1. The molecule has 10 heteroatoms. The summed E-state index contributed by atoms with van der Waals surface area (Å²) in [5.74, 6) is 1.04. The Kier molecular flexibility index (Phi) is 6.91. The molecule has 1 N–H and O–H groups in total. The molecule has 0 spiro atoms. The number of hydrogen-bond acceptors (Lipinski definition) is 4. The minimum atomic E-state index is -4.49. The van der Waals surface area contributed by atoms with Gasteiger partial charge in [0.2, 0.25) is 0 Å². The highest BCUT2D eigenvalue weighted by Gasteiger charge is 2.32. The van der Waals surface area contributed by atoms with Crippen molar-refractivity contribution in [3.8, 4) is 5.75 Å². The van der Waals surface area contributed by atoms with Crippen LogP contribution in [0, 0.1) is 0 Å². The van der Waals surface area contributed by atoms with E-state index in [2.05, 4.69) is 10.3 Å². The molecule has 30 heavy (non-hydrogen) atoms. The van der Waals surface area contributed by atoms with E-state index in [1.54, 1.807) is 9.80 Å². The number of urea groups is 1. The van der Waals surface area contributed by atoms with Crippen molar-refractivity contribution in [2.45, 2.75) is 19.6 Å². The van der Waals surface area contributed by atoms with Gasteiger partial charge in [0.25, 0.3) is 0 Å². The molecule has 1 aromatic carbocycles. The number of amides is 2. The van der Waals surface area contributed by atoms with Crippen LogP contribution in [0.5, 0.6) is 5.75 Å². The molecule has 0 aliphatic carbocycles. The molecule has 0 radical (unpaired) electrons. The summed E-state index contributed by atoms with van der Waals surface area (Å²) in [7, 11) is 0. The molecule has 0 atom stereocenters. The highest BCUT2D eigenvalue weighted by atomic mass is 35.5. The van der Waals surface area contributed by atoms with Gasteiger partial charge in [-0.2, -0.15) is 13.2 Å². The van der Waals surface area contributed by atoms with Crippen LogP contribution < -0.4 is 15.0 Å². The Morgan fingerprint density at radius 1 is 1.23 bits per heavy atom. The molecule has 1 aliphatic heterocycles. The van der Waals surface area contributed by atoms with Gasteiger partial charge in [-0.1, -0.05) is 23.7 Å². The minimum absolute atomic E-state index is 0.0584. The molecule has 162 valence electrons. The molecule has 2 heterocycles. The molecule has 0 bridgehead atoms. The Hall–Kier alpha value is -2.68. The van der Waals surface area contributed by atoms with E-state index in [4.69, 9.17) is 16.3 Å². The van der Waals surface area contributed by atoms with Crippen molar-refractivity contribution in [1.29, 1.82) is 0 Å². The number of benzene rings is 1. The first-order chi connectivity index (χ1) is 14.3. The molecular weight excluding hydrogens is 421 g/mol. The maximum Gasteiger partial charge on any atom is 0.417 e. The quantitative estimate of drug-likeness (QED) is 0.754. The summed E-state index contributed by atoms with van der Waals surface area (Å²) >= 11 is 6.01. The van der Waals surface area contributed by atoms with Crippen LogP contribution in [-0.2, 0) is 12.7 Å². The van der Waals surface area contributed by atoms with Crippen LogP contribution in [0.3, 0.4) is 0 Å². The lowest BCUT2D eigenvalue weighted by Crippen LogP contribution is -2.52. The van der Waals surface area contributed by atoms with Crippen molar-refractivity contribution in [2.75, 3.05) is 37.7 Å². The third-order valence-corrected chi connectivity index (χ3v) is 4.95. The van der Waals surface area contributed by atoms with Gasteiger partial charge in [0.05, 0.1) is 17.2 Å². The Balaban J connectivity index is 1.53. The molecule has 1 saturated heterocycles. The number of aromatic nitrogens is 1. The van der Waals surface area contributed by atoms with Gasteiger partial charge in [-0.05, 0) is 30.7 Å². The molecular formula is C20H22ClF3N4O2. The van der Waals surface area contributed by atoms with Gasteiger partial charge >= 0.3 is 12.2 Å². The molecule has 1 aromatic heterocycles. The highest BCUT2D eigenvalue weighted by molar-refractivity contribution is 6.33. The fraction of sp³-hybridized carbons (Fsp3) is 0.400. The first kappa shape index (κ1) is 22.0. The van der Waals surface area contributed by atoms with Crippen LogP contribution in [0.1, 0.15) is 18.1 Å². The molecule has 2 aromatic rings. The fourth-order valence-electron chi connectivity index (χ4n) is 3.14. The topological polar surface area (TPSA) is 57.7 Å². The van der Waals surface area contributed by atoms with E-state index in [0.29, 0.717) is 39.3 Å². The fourth-order valence-corrected chi connectivity index (χ4v) is 3.43. The number of alkyl halides is 3. The van der Waals surface area contributed by atoms with Crippen LogP contribution in [0.2, 0.25) is 5.02 Å². The van der Waals surface area contributed by atoms with Gasteiger partial charge < -0.3 is 19.9 Å². The summed E-state index contributed by atoms with van der Waals surface area (Å²) in [6.07, 6.45) is -3.72. The smallest absolute Gasteiger partial charge is 0.417 e. The van der Waals surface area contributed by atoms with Crippen molar-refractivity contribution < 1.29 is 22.7 Å². The lowest BCUT2D eigenvalue weighted by atomic mass is 10.2. The van der Waals surface area contributed by atoms with E-state index in [9.17, 15) is 18.0 Å². The van der Waals surface area contributed by atoms with Crippen LogP contribution in [-0.4, -0.2) is 48.7 Å². The van der Waals surface area contributed by atoms with E-state index >= 15 is 0 Å². The van der Waals surface area contributed by atoms with E-state index in [0.717, 1.165) is 23.6 Å². The minimum Gasteiger partial charge on any atom is -0.494 e.